The molecule has 7 heteroatoms. The topological polar surface area (TPSA) is 67.2 Å². The summed E-state index contributed by atoms with van der Waals surface area (Å²) >= 11 is 0. The van der Waals surface area contributed by atoms with Gasteiger partial charge in [0.1, 0.15) is 0 Å². The molecule has 1 aliphatic heterocycles. The monoisotopic (exact) mass is 378 g/mol. The molecule has 0 N–H and O–H groups in total. The number of aromatic nitrogens is 4. The van der Waals surface area contributed by atoms with Gasteiger partial charge in [-0.1, -0.05) is 0 Å². The standard InChI is InChI=1S/C21H26N6O/c1-14(2)27-13-22-19-12-17(5-6-18(19)20(27)28)25-7-9-26(10-8-25)21-23-15(3)11-16(4)24-21/h5-6,11-14H,7-10H2,1-4H3. The highest BCUT2D eigenvalue weighted by Gasteiger charge is 2.20. The summed E-state index contributed by atoms with van der Waals surface area (Å²) in [5.74, 6) is 0.812. The zero-order valence-corrected chi connectivity index (χ0v) is 16.9. The van der Waals surface area contributed by atoms with Crippen LogP contribution in [-0.4, -0.2) is 45.7 Å². The summed E-state index contributed by atoms with van der Waals surface area (Å²) in [6.45, 7) is 11.5. The lowest BCUT2D eigenvalue weighted by atomic mass is 10.2. The fourth-order valence-electron chi connectivity index (χ4n) is 3.70. The van der Waals surface area contributed by atoms with Gasteiger partial charge in [0.2, 0.25) is 5.95 Å². The van der Waals surface area contributed by atoms with Gasteiger partial charge in [-0.05, 0) is 52.0 Å². The number of benzene rings is 1. The average molecular weight is 378 g/mol. The van der Waals surface area contributed by atoms with Crippen molar-refractivity contribution < 1.29 is 0 Å². The number of hydrogen-bond acceptors (Lipinski definition) is 6. The molecule has 0 aliphatic carbocycles. The normalized spacial score (nSPS) is 14.9. The first-order valence-electron chi connectivity index (χ1n) is 9.75. The molecule has 0 amide bonds. The lowest BCUT2D eigenvalue weighted by Crippen LogP contribution is -2.47. The Morgan fingerprint density at radius 2 is 1.57 bits per heavy atom. The highest BCUT2D eigenvalue weighted by Crippen LogP contribution is 2.22. The molecule has 0 spiro atoms. The number of fused-ring (bicyclic) bond motifs is 1. The predicted molar refractivity (Wildman–Crippen MR) is 112 cm³/mol. The van der Waals surface area contributed by atoms with E-state index in [1.165, 1.54) is 0 Å². The zero-order chi connectivity index (χ0) is 19.8. The van der Waals surface area contributed by atoms with Crippen molar-refractivity contribution in [3.8, 4) is 0 Å². The fourth-order valence-corrected chi connectivity index (χ4v) is 3.70. The molecule has 4 rings (SSSR count). The first-order valence-corrected chi connectivity index (χ1v) is 9.75. The van der Waals surface area contributed by atoms with Gasteiger partial charge in [-0.15, -0.1) is 0 Å². The van der Waals surface area contributed by atoms with Crippen LogP contribution >= 0.6 is 0 Å². The van der Waals surface area contributed by atoms with Crippen LogP contribution in [0.25, 0.3) is 10.9 Å². The van der Waals surface area contributed by atoms with Gasteiger partial charge in [-0.2, -0.15) is 0 Å². The third-order valence-corrected chi connectivity index (χ3v) is 5.22. The van der Waals surface area contributed by atoms with E-state index in [1.54, 1.807) is 10.9 Å². The molecular formula is C21H26N6O. The van der Waals surface area contributed by atoms with Crippen LogP contribution in [0.1, 0.15) is 31.3 Å². The van der Waals surface area contributed by atoms with Crippen LogP contribution in [-0.2, 0) is 0 Å². The van der Waals surface area contributed by atoms with Crippen molar-refractivity contribution in [2.75, 3.05) is 36.0 Å². The summed E-state index contributed by atoms with van der Waals surface area (Å²) in [6, 6.07) is 8.04. The number of piperazine rings is 1. The number of anilines is 2. The van der Waals surface area contributed by atoms with Crippen molar-refractivity contribution in [3.05, 3.63) is 52.3 Å². The quantitative estimate of drug-likeness (QED) is 0.698. The maximum absolute atomic E-state index is 12.6. The summed E-state index contributed by atoms with van der Waals surface area (Å²) in [5.41, 5.74) is 3.86. The van der Waals surface area contributed by atoms with Gasteiger partial charge in [0.05, 0.1) is 17.2 Å². The summed E-state index contributed by atoms with van der Waals surface area (Å²) in [4.78, 5) is 30.8. The van der Waals surface area contributed by atoms with Gasteiger partial charge in [0.15, 0.2) is 0 Å². The van der Waals surface area contributed by atoms with E-state index in [4.69, 9.17) is 0 Å². The van der Waals surface area contributed by atoms with Gasteiger partial charge in [0, 0.05) is 49.3 Å². The van der Waals surface area contributed by atoms with E-state index in [9.17, 15) is 4.79 Å². The molecule has 2 aromatic heterocycles. The Bertz CT molecular complexity index is 1050. The SMILES string of the molecule is Cc1cc(C)nc(N2CCN(c3ccc4c(=O)n(C(C)C)cnc4c3)CC2)n1. The van der Waals surface area contributed by atoms with Crippen molar-refractivity contribution in [2.45, 2.75) is 33.7 Å². The molecule has 0 unspecified atom stereocenters. The molecule has 3 heterocycles. The summed E-state index contributed by atoms with van der Waals surface area (Å²) in [7, 11) is 0. The Balaban J connectivity index is 1.54. The molecule has 146 valence electrons. The molecule has 0 radical (unpaired) electrons. The van der Waals surface area contributed by atoms with E-state index in [-0.39, 0.29) is 11.6 Å². The third kappa shape index (κ3) is 3.44. The average Bonchev–Trinajstić information content (AvgIpc) is 2.67. The minimum absolute atomic E-state index is 0.0170. The molecule has 3 aromatic rings. The van der Waals surface area contributed by atoms with Gasteiger partial charge in [-0.3, -0.25) is 9.36 Å². The largest absolute Gasteiger partial charge is 0.368 e. The lowest BCUT2D eigenvalue weighted by Gasteiger charge is -2.36. The summed E-state index contributed by atoms with van der Waals surface area (Å²) < 4.78 is 1.67. The Morgan fingerprint density at radius 3 is 2.21 bits per heavy atom. The van der Waals surface area contributed by atoms with Crippen LogP contribution in [0.5, 0.6) is 0 Å². The summed E-state index contributed by atoms with van der Waals surface area (Å²) in [5, 5.41) is 0.669. The van der Waals surface area contributed by atoms with Crippen molar-refractivity contribution in [2.24, 2.45) is 0 Å². The minimum Gasteiger partial charge on any atom is -0.368 e. The minimum atomic E-state index is 0.0170. The molecule has 0 saturated carbocycles. The highest BCUT2D eigenvalue weighted by molar-refractivity contribution is 5.81. The van der Waals surface area contributed by atoms with Crippen molar-refractivity contribution >= 4 is 22.5 Å². The smallest absolute Gasteiger partial charge is 0.261 e. The third-order valence-electron chi connectivity index (χ3n) is 5.22. The number of hydrogen-bond donors (Lipinski definition) is 0. The zero-order valence-electron chi connectivity index (χ0n) is 16.9. The van der Waals surface area contributed by atoms with Crippen LogP contribution in [0, 0.1) is 13.8 Å². The fraction of sp³-hybridized carbons (Fsp3) is 0.429. The molecule has 0 bridgehead atoms. The van der Waals surface area contributed by atoms with Crippen LogP contribution in [0.2, 0.25) is 0 Å². The van der Waals surface area contributed by atoms with Crippen molar-refractivity contribution in [1.82, 2.24) is 19.5 Å². The molecule has 1 aromatic carbocycles. The van der Waals surface area contributed by atoms with Gasteiger partial charge in [0.25, 0.3) is 5.56 Å². The van der Waals surface area contributed by atoms with Crippen LogP contribution < -0.4 is 15.4 Å². The molecular weight excluding hydrogens is 352 g/mol. The Hall–Kier alpha value is -2.96. The van der Waals surface area contributed by atoms with E-state index in [0.717, 1.165) is 54.7 Å². The molecule has 0 atom stereocenters. The number of nitrogens with zero attached hydrogens (tertiary/aromatic N) is 6. The van der Waals surface area contributed by atoms with Crippen LogP contribution in [0.4, 0.5) is 11.6 Å². The second-order valence-electron chi connectivity index (χ2n) is 7.68. The molecule has 1 saturated heterocycles. The molecule has 1 fully saturated rings. The number of aryl methyl sites for hydroxylation is 2. The first-order chi connectivity index (χ1) is 13.4. The Kier molecular flexibility index (Phi) is 4.75. The van der Waals surface area contributed by atoms with E-state index >= 15 is 0 Å². The predicted octanol–water partition coefficient (Wildman–Crippen LogP) is 2.71. The van der Waals surface area contributed by atoms with Gasteiger partial charge >= 0.3 is 0 Å². The van der Waals surface area contributed by atoms with E-state index < -0.39 is 0 Å². The van der Waals surface area contributed by atoms with E-state index in [0.29, 0.717) is 5.39 Å². The van der Waals surface area contributed by atoms with E-state index in [1.807, 2.05) is 52.0 Å². The Morgan fingerprint density at radius 1 is 0.929 bits per heavy atom. The summed E-state index contributed by atoms with van der Waals surface area (Å²) in [6.07, 6.45) is 1.65. The molecule has 1 aliphatic rings. The second-order valence-corrected chi connectivity index (χ2v) is 7.68. The lowest BCUT2D eigenvalue weighted by molar-refractivity contribution is 0.573. The maximum atomic E-state index is 12.6. The highest BCUT2D eigenvalue weighted by atomic mass is 16.1. The number of rotatable bonds is 3. The van der Waals surface area contributed by atoms with Gasteiger partial charge < -0.3 is 9.80 Å². The second kappa shape index (κ2) is 7.22. The first kappa shape index (κ1) is 18.4. The van der Waals surface area contributed by atoms with E-state index in [2.05, 4.69) is 24.8 Å². The van der Waals surface area contributed by atoms with Crippen LogP contribution in [0.15, 0.2) is 35.4 Å². The molecule has 7 nitrogen and oxygen atoms in total. The Labute approximate surface area is 164 Å². The van der Waals surface area contributed by atoms with Crippen LogP contribution in [0.3, 0.4) is 0 Å². The van der Waals surface area contributed by atoms with Crippen molar-refractivity contribution in [1.29, 1.82) is 0 Å². The van der Waals surface area contributed by atoms with Crippen molar-refractivity contribution in [3.63, 3.8) is 0 Å². The van der Waals surface area contributed by atoms with Gasteiger partial charge in [-0.25, -0.2) is 15.0 Å². The molecule has 28 heavy (non-hydrogen) atoms. The maximum Gasteiger partial charge on any atom is 0.261 e.